The molecule has 2 fully saturated rings. The first kappa shape index (κ1) is 20.1. The Morgan fingerprint density at radius 1 is 1.21 bits per heavy atom. The third-order valence-corrected chi connectivity index (χ3v) is 7.66. The van der Waals surface area contributed by atoms with Crippen molar-refractivity contribution in [1.82, 2.24) is 30.1 Å². The molecule has 2 aliphatic rings. The smallest absolute Gasteiger partial charge is 0.208 e. The van der Waals surface area contributed by atoms with Crippen LogP contribution >= 0.6 is 11.3 Å². The van der Waals surface area contributed by atoms with Gasteiger partial charge in [-0.15, -0.1) is 10.2 Å². The van der Waals surface area contributed by atoms with Gasteiger partial charge in [0, 0.05) is 50.5 Å². The summed E-state index contributed by atoms with van der Waals surface area (Å²) in [6.07, 6.45) is 5.90. The Morgan fingerprint density at radius 3 is 2.91 bits per heavy atom. The average Bonchev–Trinajstić information content (AvgIpc) is 3.50. The Hall–Kier alpha value is -3.55. The van der Waals surface area contributed by atoms with Crippen molar-refractivity contribution in [3.05, 3.63) is 42.2 Å². The van der Waals surface area contributed by atoms with E-state index in [1.807, 2.05) is 37.5 Å². The van der Waals surface area contributed by atoms with Crippen molar-refractivity contribution in [3.8, 4) is 28.0 Å². The Balaban J connectivity index is 1.31. The predicted octanol–water partition coefficient (Wildman–Crippen LogP) is 3.02. The predicted molar refractivity (Wildman–Crippen MR) is 128 cm³/mol. The fourth-order valence-electron chi connectivity index (χ4n) is 4.82. The minimum atomic E-state index is 0.408. The van der Waals surface area contributed by atoms with E-state index in [4.69, 9.17) is 10.2 Å². The SMILES string of the molecule is CNc1cc(-c2ccc3cc(C#N)cnn23)ncc1-c1nnc(N2CCCC3(CNC3)C2)s1. The van der Waals surface area contributed by atoms with Gasteiger partial charge < -0.3 is 15.5 Å². The zero-order valence-electron chi connectivity index (χ0n) is 18.2. The zero-order valence-corrected chi connectivity index (χ0v) is 19.1. The molecular weight excluding hydrogens is 434 g/mol. The number of piperidine rings is 1. The summed E-state index contributed by atoms with van der Waals surface area (Å²) in [5, 5.41) is 31.1. The molecule has 0 saturated carbocycles. The van der Waals surface area contributed by atoms with Crippen molar-refractivity contribution in [2.45, 2.75) is 12.8 Å². The normalized spacial score (nSPS) is 17.2. The summed E-state index contributed by atoms with van der Waals surface area (Å²) >= 11 is 1.62. The van der Waals surface area contributed by atoms with Gasteiger partial charge in [-0.3, -0.25) is 4.98 Å². The van der Waals surface area contributed by atoms with E-state index in [2.05, 4.69) is 36.9 Å². The highest BCUT2D eigenvalue weighted by atomic mass is 32.1. The van der Waals surface area contributed by atoms with Crippen molar-refractivity contribution in [2.75, 3.05) is 43.4 Å². The molecule has 0 unspecified atom stereocenters. The molecule has 33 heavy (non-hydrogen) atoms. The minimum Gasteiger partial charge on any atom is -0.387 e. The van der Waals surface area contributed by atoms with Gasteiger partial charge in [0.25, 0.3) is 0 Å². The summed E-state index contributed by atoms with van der Waals surface area (Å²) in [7, 11) is 1.90. The second-order valence-electron chi connectivity index (χ2n) is 8.79. The number of hydrogen-bond donors (Lipinski definition) is 2. The van der Waals surface area contributed by atoms with Crippen LogP contribution in [-0.2, 0) is 0 Å². The van der Waals surface area contributed by atoms with Gasteiger partial charge in [0.05, 0.1) is 34.2 Å². The molecule has 2 saturated heterocycles. The van der Waals surface area contributed by atoms with Crippen LogP contribution in [-0.4, -0.2) is 58.0 Å². The molecule has 2 N–H and O–H groups in total. The zero-order chi connectivity index (χ0) is 22.4. The van der Waals surface area contributed by atoms with E-state index in [1.54, 1.807) is 22.0 Å². The Morgan fingerprint density at radius 2 is 2.12 bits per heavy atom. The second kappa shape index (κ2) is 7.79. The molecule has 0 aliphatic carbocycles. The van der Waals surface area contributed by atoms with Gasteiger partial charge in [-0.2, -0.15) is 10.4 Å². The second-order valence-corrected chi connectivity index (χ2v) is 9.75. The maximum Gasteiger partial charge on any atom is 0.208 e. The van der Waals surface area contributed by atoms with E-state index >= 15 is 0 Å². The number of hydrogen-bond acceptors (Lipinski definition) is 9. The lowest BCUT2D eigenvalue weighted by Crippen LogP contribution is -2.61. The van der Waals surface area contributed by atoms with Gasteiger partial charge in [-0.1, -0.05) is 11.3 Å². The van der Waals surface area contributed by atoms with Crippen LogP contribution < -0.4 is 15.5 Å². The van der Waals surface area contributed by atoms with Gasteiger partial charge in [0.2, 0.25) is 5.13 Å². The van der Waals surface area contributed by atoms with E-state index in [-0.39, 0.29) is 0 Å². The van der Waals surface area contributed by atoms with Crippen LogP contribution in [0.1, 0.15) is 18.4 Å². The molecule has 166 valence electrons. The fraction of sp³-hybridized carbons (Fsp3) is 0.348. The molecule has 0 amide bonds. The molecule has 1 spiro atoms. The molecule has 9 nitrogen and oxygen atoms in total. The third kappa shape index (κ3) is 3.41. The lowest BCUT2D eigenvalue weighted by atomic mass is 9.75. The molecule has 2 aliphatic heterocycles. The molecule has 4 aromatic rings. The number of pyridine rings is 1. The number of anilines is 2. The van der Waals surface area contributed by atoms with Crippen molar-refractivity contribution in [3.63, 3.8) is 0 Å². The molecule has 0 bridgehead atoms. The number of nitrogens with zero attached hydrogens (tertiary/aromatic N) is 7. The first-order valence-corrected chi connectivity index (χ1v) is 11.9. The van der Waals surface area contributed by atoms with Crippen LogP contribution in [0.25, 0.3) is 27.5 Å². The lowest BCUT2D eigenvalue weighted by Gasteiger charge is -2.49. The van der Waals surface area contributed by atoms with Crippen LogP contribution in [0.4, 0.5) is 10.8 Å². The van der Waals surface area contributed by atoms with Gasteiger partial charge in [0.15, 0.2) is 5.01 Å². The quantitative estimate of drug-likeness (QED) is 0.482. The number of rotatable bonds is 4. The van der Waals surface area contributed by atoms with E-state index in [0.717, 1.165) is 64.5 Å². The molecule has 0 atom stereocenters. The topological polar surface area (TPSA) is 107 Å². The molecule has 10 heteroatoms. The van der Waals surface area contributed by atoms with Crippen LogP contribution in [0.3, 0.4) is 0 Å². The molecule has 0 aromatic carbocycles. The maximum absolute atomic E-state index is 9.12. The molecule has 6 rings (SSSR count). The highest BCUT2D eigenvalue weighted by Gasteiger charge is 2.41. The summed E-state index contributed by atoms with van der Waals surface area (Å²) in [4.78, 5) is 7.11. The van der Waals surface area contributed by atoms with Gasteiger partial charge in [-0.25, -0.2) is 4.52 Å². The monoisotopic (exact) mass is 457 g/mol. The van der Waals surface area contributed by atoms with E-state index < -0.39 is 0 Å². The first-order valence-electron chi connectivity index (χ1n) is 11.0. The Kier molecular flexibility index (Phi) is 4.74. The van der Waals surface area contributed by atoms with Crippen molar-refractivity contribution < 1.29 is 0 Å². The molecule has 0 radical (unpaired) electrons. The average molecular weight is 458 g/mol. The first-order chi connectivity index (χ1) is 16.2. The van der Waals surface area contributed by atoms with E-state index in [0.29, 0.717) is 11.0 Å². The third-order valence-electron chi connectivity index (χ3n) is 6.64. The summed E-state index contributed by atoms with van der Waals surface area (Å²) in [5.41, 5.74) is 5.32. The Labute approximate surface area is 195 Å². The lowest BCUT2D eigenvalue weighted by molar-refractivity contribution is 0.138. The van der Waals surface area contributed by atoms with Crippen molar-refractivity contribution in [2.24, 2.45) is 5.41 Å². The van der Waals surface area contributed by atoms with Crippen LogP contribution in [0.15, 0.2) is 36.7 Å². The van der Waals surface area contributed by atoms with Crippen molar-refractivity contribution in [1.29, 1.82) is 5.26 Å². The summed E-state index contributed by atoms with van der Waals surface area (Å²) in [6, 6.07) is 9.86. The van der Waals surface area contributed by atoms with Gasteiger partial charge >= 0.3 is 0 Å². The molecular formula is C23H23N9S. The van der Waals surface area contributed by atoms with Crippen LogP contribution in [0.5, 0.6) is 0 Å². The number of fused-ring (bicyclic) bond motifs is 1. The highest BCUT2D eigenvalue weighted by Crippen LogP contribution is 2.39. The standard InChI is InChI=1S/C23H23N9S/c1-25-18-8-19(20-4-3-16-7-15(9-24)10-28-32(16)20)27-11-17(18)21-29-30-22(33-21)31-6-2-5-23(14-31)12-26-13-23/h3-4,7-8,10-11,26H,2,5-6,12-14H2,1H3,(H,25,27). The van der Waals surface area contributed by atoms with E-state index in [9.17, 15) is 0 Å². The molecule has 4 aromatic heterocycles. The highest BCUT2D eigenvalue weighted by molar-refractivity contribution is 7.18. The summed E-state index contributed by atoms with van der Waals surface area (Å²) in [6.45, 7) is 4.29. The van der Waals surface area contributed by atoms with Crippen molar-refractivity contribution >= 4 is 27.7 Å². The van der Waals surface area contributed by atoms with Gasteiger partial charge in [-0.05, 0) is 37.1 Å². The molecule has 6 heterocycles. The minimum absolute atomic E-state index is 0.408. The fourth-order valence-corrected chi connectivity index (χ4v) is 5.71. The van der Waals surface area contributed by atoms with E-state index in [1.165, 1.54) is 12.8 Å². The van der Waals surface area contributed by atoms with Gasteiger partial charge in [0.1, 0.15) is 6.07 Å². The number of nitriles is 1. The number of nitrogens with one attached hydrogen (secondary N) is 2. The van der Waals surface area contributed by atoms with Crippen LogP contribution in [0.2, 0.25) is 0 Å². The van der Waals surface area contributed by atoms with Crippen LogP contribution in [0, 0.1) is 16.7 Å². The largest absolute Gasteiger partial charge is 0.387 e. The number of aromatic nitrogens is 5. The Bertz CT molecular complexity index is 1380. The summed E-state index contributed by atoms with van der Waals surface area (Å²) in [5.74, 6) is 0. The maximum atomic E-state index is 9.12. The summed E-state index contributed by atoms with van der Waals surface area (Å²) < 4.78 is 1.80.